The molecule has 0 atom stereocenters. The smallest absolute Gasteiger partial charge is 0.323 e. The minimum atomic E-state index is -4.55. The highest BCUT2D eigenvalue weighted by Gasteiger charge is 2.31. The lowest BCUT2D eigenvalue weighted by Gasteiger charge is -2.13. The van der Waals surface area contributed by atoms with Gasteiger partial charge in [0.05, 0.1) is 16.8 Å². The van der Waals surface area contributed by atoms with Crippen LogP contribution in [0.25, 0.3) is 0 Å². The number of alkyl halides is 3. The van der Waals surface area contributed by atoms with Crippen LogP contribution < -0.4 is 16.6 Å². The lowest BCUT2D eigenvalue weighted by Crippen LogP contribution is -2.19. The third-order valence-corrected chi connectivity index (χ3v) is 2.65. The van der Waals surface area contributed by atoms with E-state index in [1.165, 1.54) is 12.3 Å². The van der Waals surface area contributed by atoms with E-state index in [1.807, 2.05) is 0 Å². The molecule has 1 amide bonds. The van der Waals surface area contributed by atoms with Gasteiger partial charge in [-0.2, -0.15) is 13.2 Å². The first-order chi connectivity index (χ1) is 9.91. The standard InChI is InChI=1S/C13H11F3N4O/c14-13(15,16)8-4-5-10(20-17)9(7-8)12(21)19-11-3-1-2-6-18-11/h1-7,20H,17H2,(H,18,19,21). The zero-order valence-electron chi connectivity index (χ0n) is 10.6. The Balaban J connectivity index is 2.34. The zero-order valence-corrected chi connectivity index (χ0v) is 10.6. The zero-order chi connectivity index (χ0) is 15.5. The van der Waals surface area contributed by atoms with Crippen LogP contribution in [-0.4, -0.2) is 10.9 Å². The van der Waals surface area contributed by atoms with Crippen LogP contribution in [0.2, 0.25) is 0 Å². The number of rotatable bonds is 3. The highest BCUT2D eigenvalue weighted by Crippen LogP contribution is 2.31. The van der Waals surface area contributed by atoms with Crippen molar-refractivity contribution in [3.05, 3.63) is 53.7 Å². The quantitative estimate of drug-likeness (QED) is 0.601. The molecule has 4 N–H and O–H groups in total. The maximum Gasteiger partial charge on any atom is 0.416 e. The average molecular weight is 296 g/mol. The molecule has 21 heavy (non-hydrogen) atoms. The van der Waals surface area contributed by atoms with E-state index in [0.717, 1.165) is 18.2 Å². The molecule has 0 unspecified atom stereocenters. The Hall–Kier alpha value is -2.61. The number of amides is 1. The first kappa shape index (κ1) is 14.8. The maximum absolute atomic E-state index is 12.7. The molecule has 2 rings (SSSR count). The van der Waals surface area contributed by atoms with Gasteiger partial charge in [-0.25, -0.2) is 4.98 Å². The van der Waals surface area contributed by atoms with E-state index in [2.05, 4.69) is 15.7 Å². The molecular formula is C13H11F3N4O. The van der Waals surface area contributed by atoms with Gasteiger partial charge in [-0.1, -0.05) is 6.07 Å². The number of pyridine rings is 1. The van der Waals surface area contributed by atoms with Gasteiger partial charge in [0.25, 0.3) is 5.91 Å². The van der Waals surface area contributed by atoms with Crippen molar-refractivity contribution in [1.29, 1.82) is 0 Å². The van der Waals surface area contributed by atoms with Crippen molar-refractivity contribution in [2.24, 2.45) is 5.84 Å². The molecule has 0 saturated heterocycles. The van der Waals surface area contributed by atoms with E-state index >= 15 is 0 Å². The van der Waals surface area contributed by atoms with Crippen molar-refractivity contribution >= 4 is 17.4 Å². The topological polar surface area (TPSA) is 80.0 Å². The van der Waals surface area contributed by atoms with Gasteiger partial charge in [0.1, 0.15) is 5.82 Å². The van der Waals surface area contributed by atoms with E-state index < -0.39 is 17.6 Å². The molecule has 0 saturated carbocycles. The number of hydrogen-bond donors (Lipinski definition) is 3. The summed E-state index contributed by atoms with van der Waals surface area (Å²) in [6, 6.07) is 7.46. The Morgan fingerprint density at radius 3 is 2.52 bits per heavy atom. The van der Waals surface area contributed by atoms with Crippen molar-refractivity contribution in [3.8, 4) is 0 Å². The second kappa shape index (κ2) is 5.80. The first-order valence-electron chi connectivity index (χ1n) is 5.82. The largest absolute Gasteiger partial charge is 0.416 e. The summed E-state index contributed by atoms with van der Waals surface area (Å²) in [5.74, 6) is 4.70. The number of nitrogens with zero attached hydrogens (tertiary/aromatic N) is 1. The average Bonchev–Trinajstić information content (AvgIpc) is 2.46. The lowest BCUT2D eigenvalue weighted by molar-refractivity contribution is -0.137. The van der Waals surface area contributed by atoms with Crippen molar-refractivity contribution < 1.29 is 18.0 Å². The van der Waals surface area contributed by atoms with Crippen LogP contribution in [0.5, 0.6) is 0 Å². The van der Waals surface area contributed by atoms with Crippen LogP contribution >= 0.6 is 0 Å². The summed E-state index contributed by atoms with van der Waals surface area (Å²) in [5.41, 5.74) is 1.11. The summed E-state index contributed by atoms with van der Waals surface area (Å²) < 4.78 is 38.1. The predicted molar refractivity (Wildman–Crippen MR) is 71.4 cm³/mol. The fraction of sp³-hybridized carbons (Fsp3) is 0.0769. The van der Waals surface area contributed by atoms with Crippen molar-refractivity contribution in [3.63, 3.8) is 0 Å². The number of anilines is 2. The normalized spacial score (nSPS) is 11.0. The summed E-state index contributed by atoms with van der Waals surface area (Å²) in [6.07, 6.45) is -3.10. The van der Waals surface area contributed by atoms with Gasteiger partial charge < -0.3 is 10.7 Å². The number of carbonyl (C=O) groups is 1. The summed E-state index contributed by atoms with van der Waals surface area (Å²) in [6.45, 7) is 0. The molecule has 1 aromatic heterocycles. The van der Waals surface area contributed by atoms with Gasteiger partial charge in [-0.3, -0.25) is 10.6 Å². The Labute approximate surface area is 118 Å². The minimum absolute atomic E-state index is 0.0800. The number of hydrogen-bond acceptors (Lipinski definition) is 4. The molecule has 0 aliphatic heterocycles. The predicted octanol–water partition coefficient (Wildman–Crippen LogP) is 2.64. The molecule has 0 fully saturated rings. The van der Waals surface area contributed by atoms with Crippen molar-refractivity contribution in [2.45, 2.75) is 6.18 Å². The van der Waals surface area contributed by atoms with Crippen LogP contribution in [0, 0.1) is 0 Å². The van der Waals surface area contributed by atoms with Crippen LogP contribution in [-0.2, 0) is 6.18 Å². The van der Waals surface area contributed by atoms with Gasteiger partial charge in [-0.15, -0.1) is 0 Å². The number of benzene rings is 1. The second-order valence-electron chi connectivity index (χ2n) is 4.07. The van der Waals surface area contributed by atoms with E-state index in [-0.39, 0.29) is 17.1 Å². The molecule has 0 aliphatic rings. The number of carbonyl (C=O) groups excluding carboxylic acids is 1. The minimum Gasteiger partial charge on any atom is -0.323 e. The molecule has 110 valence electrons. The van der Waals surface area contributed by atoms with Gasteiger partial charge in [0.15, 0.2) is 0 Å². The number of hydrazine groups is 1. The van der Waals surface area contributed by atoms with E-state index in [9.17, 15) is 18.0 Å². The number of aromatic nitrogens is 1. The van der Waals surface area contributed by atoms with E-state index in [1.54, 1.807) is 12.1 Å². The number of nitrogen functional groups attached to an aromatic ring is 1. The van der Waals surface area contributed by atoms with Crippen molar-refractivity contribution in [1.82, 2.24) is 4.98 Å². The molecule has 8 heteroatoms. The molecule has 0 radical (unpaired) electrons. The third kappa shape index (κ3) is 3.48. The summed E-state index contributed by atoms with van der Waals surface area (Å²) in [7, 11) is 0. The highest BCUT2D eigenvalue weighted by atomic mass is 19.4. The molecule has 5 nitrogen and oxygen atoms in total. The summed E-state index contributed by atoms with van der Waals surface area (Å²) in [5, 5.41) is 2.40. The molecule has 0 spiro atoms. The molecule has 1 aromatic carbocycles. The SMILES string of the molecule is NNc1ccc(C(F)(F)F)cc1C(=O)Nc1ccccn1. The van der Waals surface area contributed by atoms with Gasteiger partial charge in [-0.05, 0) is 30.3 Å². The third-order valence-electron chi connectivity index (χ3n) is 2.65. The van der Waals surface area contributed by atoms with Gasteiger partial charge in [0, 0.05) is 6.20 Å². The van der Waals surface area contributed by atoms with Crippen LogP contribution in [0.15, 0.2) is 42.6 Å². The summed E-state index contributed by atoms with van der Waals surface area (Å²) >= 11 is 0. The monoisotopic (exact) mass is 296 g/mol. The Bertz CT molecular complexity index is 644. The van der Waals surface area contributed by atoms with Crippen LogP contribution in [0.1, 0.15) is 15.9 Å². The fourth-order valence-electron chi connectivity index (χ4n) is 1.65. The van der Waals surface area contributed by atoms with Gasteiger partial charge >= 0.3 is 6.18 Å². The first-order valence-corrected chi connectivity index (χ1v) is 5.82. The molecule has 0 bridgehead atoms. The molecule has 0 aliphatic carbocycles. The van der Waals surface area contributed by atoms with Crippen LogP contribution in [0.3, 0.4) is 0 Å². The Kier molecular flexibility index (Phi) is 4.08. The second-order valence-corrected chi connectivity index (χ2v) is 4.07. The highest BCUT2D eigenvalue weighted by molar-refractivity contribution is 6.07. The number of halogens is 3. The Morgan fingerprint density at radius 1 is 1.19 bits per heavy atom. The van der Waals surface area contributed by atoms with Crippen molar-refractivity contribution in [2.75, 3.05) is 10.7 Å². The lowest BCUT2D eigenvalue weighted by atomic mass is 10.1. The maximum atomic E-state index is 12.7. The summed E-state index contributed by atoms with van der Waals surface area (Å²) in [4.78, 5) is 15.9. The number of nitrogens with two attached hydrogens (primary N) is 1. The Morgan fingerprint density at radius 2 is 1.95 bits per heavy atom. The van der Waals surface area contributed by atoms with E-state index in [0.29, 0.717) is 0 Å². The molecule has 2 aromatic rings. The fourth-order valence-corrected chi connectivity index (χ4v) is 1.65. The number of nitrogens with one attached hydrogen (secondary N) is 2. The van der Waals surface area contributed by atoms with E-state index in [4.69, 9.17) is 5.84 Å². The van der Waals surface area contributed by atoms with Gasteiger partial charge in [0.2, 0.25) is 0 Å². The molecule has 1 heterocycles. The molecular weight excluding hydrogens is 285 g/mol. The van der Waals surface area contributed by atoms with Crippen LogP contribution in [0.4, 0.5) is 24.7 Å².